The van der Waals surface area contributed by atoms with E-state index in [4.69, 9.17) is 9.47 Å². The first-order valence-corrected chi connectivity index (χ1v) is 12.4. The van der Waals surface area contributed by atoms with Crippen molar-refractivity contribution in [3.05, 3.63) is 24.3 Å². The molecule has 31 heavy (non-hydrogen) atoms. The molecule has 0 saturated carbocycles. The molecule has 0 radical (unpaired) electrons. The lowest BCUT2D eigenvalue weighted by Gasteiger charge is -2.26. The number of benzene rings is 1. The molecule has 1 aromatic carbocycles. The average molecular weight is 469 g/mol. The number of morpholine rings is 1. The van der Waals surface area contributed by atoms with Gasteiger partial charge in [0.2, 0.25) is 10.0 Å². The van der Waals surface area contributed by atoms with E-state index in [1.54, 1.807) is 25.1 Å². The third-order valence-electron chi connectivity index (χ3n) is 4.78. The van der Waals surface area contributed by atoms with E-state index in [1.807, 2.05) is 10.6 Å². The standard InChI is InChI=1S/C20H28N4O5S2/c1-14(2)13-24-18(21-22-20(24)30-15(3)19(25)28-4)16-6-5-7-17(12-16)31(26,27)23-8-10-29-11-9-23/h5-7,12,14-15H,8-11,13H2,1-4H3/t15-/m1/s1. The molecule has 0 bridgehead atoms. The Morgan fingerprint density at radius 2 is 1.94 bits per heavy atom. The van der Waals surface area contributed by atoms with Crippen LogP contribution in [0.5, 0.6) is 0 Å². The Morgan fingerprint density at radius 1 is 1.23 bits per heavy atom. The van der Waals surface area contributed by atoms with Crippen LogP contribution in [0.4, 0.5) is 0 Å². The van der Waals surface area contributed by atoms with Crippen molar-refractivity contribution in [1.82, 2.24) is 19.1 Å². The highest BCUT2D eigenvalue weighted by Crippen LogP contribution is 2.30. The number of rotatable bonds is 8. The third kappa shape index (κ3) is 5.46. The quantitative estimate of drug-likeness (QED) is 0.429. The van der Waals surface area contributed by atoms with Gasteiger partial charge in [-0.25, -0.2) is 8.42 Å². The van der Waals surface area contributed by atoms with Crippen molar-refractivity contribution >= 4 is 27.8 Å². The molecule has 2 aromatic rings. The van der Waals surface area contributed by atoms with Gasteiger partial charge in [0.05, 0.1) is 25.2 Å². The zero-order valence-corrected chi connectivity index (χ0v) is 19.8. The van der Waals surface area contributed by atoms with Crippen LogP contribution in [0.25, 0.3) is 11.4 Å². The summed E-state index contributed by atoms with van der Waals surface area (Å²) in [6.07, 6.45) is 0. The molecule has 1 saturated heterocycles. The van der Waals surface area contributed by atoms with Gasteiger partial charge in [0.15, 0.2) is 11.0 Å². The van der Waals surface area contributed by atoms with E-state index in [9.17, 15) is 13.2 Å². The van der Waals surface area contributed by atoms with Crippen LogP contribution in [0.2, 0.25) is 0 Å². The SMILES string of the molecule is COC(=O)[C@@H](C)Sc1nnc(-c2cccc(S(=O)(=O)N3CCOCC3)c2)n1CC(C)C. The van der Waals surface area contributed by atoms with Crippen molar-refractivity contribution in [2.45, 2.75) is 42.6 Å². The van der Waals surface area contributed by atoms with Gasteiger partial charge in [-0.15, -0.1) is 10.2 Å². The number of ether oxygens (including phenoxy) is 2. The fourth-order valence-corrected chi connectivity index (χ4v) is 5.56. The van der Waals surface area contributed by atoms with Gasteiger partial charge in [-0.3, -0.25) is 4.79 Å². The van der Waals surface area contributed by atoms with Crippen molar-refractivity contribution in [3.63, 3.8) is 0 Å². The first-order valence-electron chi connectivity index (χ1n) is 10.1. The molecule has 1 aliphatic heterocycles. The maximum absolute atomic E-state index is 13.1. The molecule has 0 amide bonds. The van der Waals surface area contributed by atoms with Crippen LogP contribution in [0.3, 0.4) is 0 Å². The number of carbonyl (C=O) groups excluding carboxylic acids is 1. The zero-order chi connectivity index (χ0) is 22.6. The topological polar surface area (TPSA) is 104 Å². The van der Waals surface area contributed by atoms with Gasteiger partial charge in [-0.1, -0.05) is 37.7 Å². The molecule has 0 unspecified atom stereocenters. The number of hydrogen-bond donors (Lipinski definition) is 0. The van der Waals surface area contributed by atoms with E-state index in [-0.39, 0.29) is 10.9 Å². The molecular formula is C20H28N4O5S2. The Morgan fingerprint density at radius 3 is 2.58 bits per heavy atom. The molecule has 1 fully saturated rings. The first-order chi connectivity index (χ1) is 14.7. The summed E-state index contributed by atoms with van der Waals surface area (Å²) >= 11 is 1.27. The molecule has 1 aromatic heterocycles. The number of sulfonamides is 1. The van der Waals surface area contributed by atoms with Crippen LogP contribution in [-0.2, 0) is 30.8 Å². The maximum atomic E-state index is 13.1. The van der Waals surface area contributed by atoms with E-state index < -0.39 is 15.3 Å². The molecule has 2 heterocycles. The number of esters is 1. The molecular weight excluding hydrogens is 440 g/mol. The minimum Gasteiger partial charge on any atom is -0.468 e. The highest BCUT2D eigenvalue weighted by Gasteiger charge is 2.27. The van der Waals surface area contributed by atoms with Gasteiger partial charge < -0.3 is 14.0 Å². The lowest BCUT2D eigenvalue weighted by Crippen LogP contribution is -2.40. The van der Waals surface area contributed by atoms with Gasteiger partial charge in [0, 0.05) is 25.2 Å². The van der Waals surface area contributed by atoms with Gasteiger partial charge in [0.25, 0.3) is 0 Å². The maximum Gasteiger partial charge on any atom is 0.318 e. The molecule has 0 spiro atoms. The highest BCUT2D eigenvalue weighted by molar-refractivity contribution is 8.00. The smallest absolute Gasteiger partial charge is 0.318 e. The molecule has 3 rings (SSSR count). The highest BCUT2D eigenvalue weighted by atomic mass is 32.2. The van der Waals surface area contributed by atoms with Crippen LogP contribution < -0.4 is 0 Å². The predicted molar refractivity (Wildman–Crippen MR) is 117 cm³/mol. The van der Waals surface area contributed by atoms with Crippen molar-refractivity contribution in [2.24, 2.45) is 5.92 Å². The molecule has 9 nitrogen and oxygen atoms in total. The normalized spacial score (nSPS) is 16.4. The van der Waals surface area contributed by atoms with E-state index in [1.165, 1.54) is 23.2 Å². The number of hydrogen-bond acceptors (Lipinski definition) is 8. The van der Waals surface area contributed by atoms with Crippen molar-refractivity contribution < 1.29 is 22.7 Å². The van der Waals surface area contributed by atoms with Gasteiger partial charge in [-0.2, -0.15) is 4.31 Å². The van der Waals surface area contributed by atoms with Crippen molar-refractivity contribution in [2.75, 3.05) is 33.4 Å². The molecule has 11 heteroatoms. The Balaban J connectivity index is 1.97. The summed E-state index contributed by atoms with van der Waals surface area (Å²) in [5.41, 5.74) is 0.653. The minimum absolute atomic E-state index is 0.211. The van der Waals surface area contributed by atoms with E-state index >= 15 is 0 Å². The molecule has 170 valence electrons. The van der Waals surface area contributed by atoms with Crippen LogP contribution >= 0.6 is 11.8 Å². The summed E-state index contributed by atoms with van der Waals surface area (Å²) in [6.45, 7) is 7.97. The second-order valence-electron chi connectivity index (χ2n) is 7.64. The third-order valence-corrected chi connectivity index (χ3v) is 7.73. The van der Waals surface area contributed by atoms with Gasteiger partial charge in [-0.05, 0) is 25.0 Å². The number of carbonyl (C=O) groups is 1. The molecule has 1 atom stereocenters. The van der Waals surface area contributed by atoms with E-state index in [2.05, 4.69) is 24.0 Å². The Kier molecular flexibility index (Phi) is 7.73. The minimum atomic E-state index is -3.63. The summed E-state index contributed by atoms with van der Waals surface area (Å²) in [5.74, 6) is 0.513. The fourth-order valence-electron chi connectivity index (χ4n) is 3.22. The monoisotopic (exact) mass is 468 g/mol. The zero-order valence-electron chi connectivity index (χ0n) is 18.1. The van der Waals surface area contributed by atoms with Gasteiger partial charge in [0.1, 0.15) is 5.25 Å². The fraction of sp³-hybridized carbons (Fsp3) is 0.550. The largest absolute Gasteiger partial charge is 0.468 e. The summed E-state index contributed by atoms with van der Waals surface area (Å²) in [6, 6.07) is 6.74. The average Bonchev–Trinajstić information content (AvgIpc) is 3.15. The number of methoxy groups -OCH3 is 1. The van der Waals surface area contributed by atoms with Crippen molar-refractivity contribution in [1.29, 1.82) is 0 Å². The molecule has 1 aliphatic rings. The summed E-state index contributed by atoms with van der Waals surface area (Å²) < 4.78 is 39.6. The molecule has 0 aliphatic carbocycles. The lowest BCUT2D eigenvalue weighted by atomic mass is 10.2. The Labute approximate surface area is 187 Å². The van der Waals surface area contributed by atoms with Crippen LogP contribution in [0.15, 0.2) is 34.3 Å². The summed E-state index contributed by atoms with van der Waals surface area (Å²) in [7, 11) is -2.27. The second kappa shape index (κ2) is 10.1. The number of aromatic nitrogens is 3. The van der Waals surface area contributed by atoms with Crippen LogP contribution in [0, 0.1) is 5.92 Å². The van der Waals surface area contributed by atoms with Crippen LogP contribution in [-0.4, -0.2) is 72.1 Å². The van der Waals surface area contributed by atoms with Crippen LogP contribution in [0.1, 0.15) is 20.8 Å². The summed E-state index contributed by atoms with van der Waals surface area (Å²) in [4.78, 5) is 12.1. The predicted octanol–water partition coefficient (Wildman–Crippen LogP) is 2.28. The van der Waals surface area contributed by atoms with E-state index in [0.717, 1.165) is 0 Å². The molecule has 0 N–H and O–H groups in total. The summed E-state index contributed by atoms with van der Waals surface area (Å²) in [5, 5.41) is 8.74. The van der Waals surface area contributed by atoms with E-state index in [0.29, 0.717) is 55.3 Å². The number of thioether (sulfide) groups is 1. The first kappa shape index (κ1) is 23.7. The Hall–Kier alpha value is -1.95. The Bertz CT molecular complexity index is 1020. The number of nitrogens with zero attached hydrogens (tertiary/aromatic N) is 4. The lowest BCUT2D eigenvalue weighted by molar-refractivity contribution is -0.139. The van der Waals surface area contributed by atoms with Crippen molar-refractivity contribution in [3.8, 4) is 11.4 Å². The second-order valence-corrected chi connectivity index (χ2v) is 10.9. The van der Waals surface area contributed by atoms with Gasteiger partial charge >= 0.3 is 5.97 Å².